The first kappa shape index (κ1) is 7.02. The minimum absolute atomic E-state index is 0.800. The third-order valence-electron chi connectivity index (χ3n) is 1.46. The molecular weight excluding hydrogens is 253 g/mol. The second kappa shape index (κ2) is 2.44. The van der Waals surface area contributed by atoms with E-state index in [1.165, 1.54) is 0 Å². The van der Waals surface area contributed by atoms with Crippen molar-refractivity contribution in [3.8, 4) is 0 Å². The Balaban J connectivity index is 2.90. The monoisotopic (exact) mass is 259 g/mol. The Labute approximate surface area is 77.4 Å². The lowest BCUT2D eigenvalue weighted by Crippen LogP contribution is -1.78. The lowest BCUT2D eigenvalue weighted by Gasteiger charge is -1.88. The van der Waals surface area contributed by atoms with E-state index in [2.05, 4.69) is 37.5 Å². The molecule has 0 fully saturated rings. The number of hydrogen-bond acceptors (Lipinski definition) is 2. The van der Waals surface area contributed by atoms with Gasteiger partial charge in [-0.2, -0.15) is 0 Å². The molecule has 0 aromatic carbocycles. The fourth-order valence-electron chi connectivity index (χ4n) is 0.996. The molecule has 0 saturated heterocycles. The zero-order chi connectivity index (χ0) is 7.84. The van der Waals surface area contributed by atoms with Gasteiger partial charge in [0.15, 0.2) is 5.65 Å². The highest BCUT2D eigenvalue weighted by molar-refractivity contribution is 14.1. The van der Waals surface area contributed by atoms with E-state index in [0.29, 0.717) is 0 Å². The van der Waals surface area contributed by atoms with Crippen LogP contribution in [0.25, 0.3) is 11.2 Å². The molecule has 2 aromatic rings. The number of hydrogen-bond donors (Lipinski definition) is 1. The van der Waals surface area contributed by atoms with Crippen molar-refractivity contribution >= 4 is 33.8 Å². The van der Waals surface area contributed by atoms with E-state index in [1.54, 1.807) is 6.20 Å². The summed E-state index contributed by atoms with van der Waals surface area (Å²) in [6, 6.07) is 1.96. The van der Waals surface area contributed by atoms with E-state index in [4.69, 9.17) is 0 Å². The first-order valence-electron chi connectivity index (χ1n) is 3.24. The van der Waals surface area contributed by atoms with Gasteiger partial charge >= 0.3 is 0 Å². The molecule has 0 aliphatic heterocycles. The topological polar surface area (TPSA) is 41.6 Å². The van der Waals surface area contributed by atoms with Gasteiger partial charge in [-0.1, -0.05) is 0 Å². The fraction of sp³-hybridized carbons (Fsp3) is 0.143. The highest BCUT2D eigenvalue weighted by Gasteiger charge is 2.01. The summed E-state index contributed by atoms with van der Waals surface area (Å²) in [4.78, 5) is 11.5. The predicted molar refractivity (Wildman–Crippen MR) is 51.3 cm³/mol. The maximum Gasteiger partial charge on any atom is 0.178 e. The van der Waals surface area contributed by atoms with Gasteiger partial charge in [0, 0.05) is 9.77 Å². The van der Waals surface area contributed by atoms with Crippen LogP contribution in [0.1, 0.15) is 5.82 Å². The average Bonchev–Trinajstić information content (AvgIpc) is 2.31. The van der Waals surface area contributed by atoms with Crippen molar-refractivity contribution in [2.24, 2.45) is 0 Å². The van der Waals surface area contributed by atoms with Crippen LogP contribution in [-0.4, -0.2) is 15.0 Å². The van der Waals surface area contributed by atoms with Crippen LogP contribution in [0.3, 0.4) is 0 Å². The van der Waals surface area contributed by atoms with Crippen LogP contribution in [0.2, 0.25) is 0 Å². The van der Waals surface area contributed by atoms with E-state index < -0.39 is 0 Å². The summed E-state index contributed by atoms with van der Waals surface area (Å²) >= 11 is 2.26. The van der Waals surface area contributed by atoms with Crippen molar-refractivity contribution in [1.82, 2.24) is 15.0 Å². The van der Waals surface area contributed by atoms with Crippen molar-refractivity contribution in [1.29, 1.82) is 0 Å². The van der Waals surface area contributed by atoms with Gasteiger partial charge in [0.25, 0.3) is 0 Å². The Hall–Kier alpha value is -0.650. The molecule has 56 valence electrons. The number of rotatable bonds is 0. The second-order valence-corrected chi connectivity index (χ2v) is 3.48. The van der Waals surface area contributed by atoms with Crippen molar-refractivity contribution in [3.05, 3.63) is 21.7 Å². The molecule has 0 aliphatic rings. The zero-order valence-electron chi connectivity index (χ0n) is 5.93. The summed E-state index contributed by atoms with van der Waals surface area (Å²) in [7, 11) is 0. The molecule has 0 unspecified atom stereocenters. The average molecular weight is 259 g/mol. The standard InChI is InChI=1S/C7H6IN3/c1-4-10-6-5(8)2-3-9-7(6)11-4/h2-3H,1H3,(H,9,10,11). The number of aromatic amines is 1. The van der Waals surface area contributed by atoms with Crippen molar-refractivity contribution in [2.75, 3.05) is 0 Å². The lowest BCUT2D eigenvalue weighted by molar-refractivity contribution is 1.16. The SMILES string of the molecule is Cc1nc2nccc(I)c2[nH]1. The number of pyridine rings is 1. The molecule has 2 rings (SSSR count). The summed E-state index contributed by atoms with van der Waals surface area (Å²) in [5.41, 5.74) is 1.83. The zero-order valence-corrected chi connectivity index (χ0v) is 8.08. The molecular formula is C7H6IN3. The number of halogens is 1. The van der Waals surface area contributed by atoms with Crippen LogP contribution >= 0.6 is 22.6 Å². The predicted octanol–water partition coefficient (Wildman–Crippen LogP) is 1.87. The van der Waals surface area contributed by atoms with Gasteiger partial charge in [0.2, 0.25) is 0 Å². The molecule has 2 heterocycles. The summed E-state index contributed by atoms with van der Waals surface area (Å²) in [5.74, 6) is 0.914. The molecule has 0 aliphatic carbocycles. The van der Waals surface area contributed by atoms with Gasteiger partial charge in [-0.15, -0.1) is 0 Å². The van der Waals surface area contributed by atoms with Crippen LogP contribution < -0.4 is 0 Å². The molecule has 3 nitrogen and oxygen atoms in total. The molecule has 0 spiro atoms. The van der Waals surface area contributed by atoms with E-state index in [9.17, 15) is 0 Å². The molecule has 0 radical (unpaired) electrons. The Bertz CT molecular complexity index is 393. The number of fused-ring (bicyclic) bond motifs is 1. The second-order valence-electron chi connectivity index (χ2n) is 2.31. The number of aromatic nitrogens is 3. The summed E-state index contributed by atoms with van der Waals surface area (Å²) in [5, 5.41) is 0. The van der Waals surface area contributed by atoms with Gasteiger partial charge < -0.3 is 4.98 Å². The van der Waals surface area contributed by atoms with E-state index >= 15 is 0 Å². The van der Waals surface area contributed by atoms with Crippen molar-refractivity contribution in [3.63, 3.8) is 0 Å². The molecule has 2 aromatic heterocycles. The number of nitrogens with zero attached hydrogens (tertiary/aromatic N) is 2. The summed E-state index contributed by atoms with van der Waals surface area (Å²) in [6.45, 7) is 1.93. The van der Waals surface area contributed by atoms with Gasteiger partial charge in [-0.3, -0.25) is 0 Å². The number of nitrogens with one attached hydrogen (secondary N) is 1. The van der Waals surface area contributed by atoms with Gasteiger partial charge in [-0.25, -0.2) is 9.97 Å². The van der Waals surface area contributed by atoms with Gasteiger partial charge in [0.1, 0.15) is 5.82 Å². The first-order valence-corrected chi connectivity index (χ1v) is 4.32. The van der Waals surface area contributed by atoms with E-state index in [0.717, 1.165) is 20.6 Å². The van der Waals surface area contributed by atoms with Crippen LogP contribution in [0.15, 0.2) is 12.3 Å². The third-order valence-corrected chi connectivity index (χ3v) is 2.36. The number of imidazole rings is 1. The van der Waals surface area contributed by atoms with Crippen LogP contribution in [0, 0.1) is 10.5 Å². The summed E-state index contributed by atoms with van der Waals surface area (Å²) in [6.07, 6.45) is 1.77. The molecule has 1 N–H and O–H groups in total. The number of aryl methyl sites for hydroxylation is 1. The quantitative estimate of drug-likeness (QED) is 0.734. The Morgan fingerprint density at radius 3 is 3.09 bits per heavy atom. The molecule has 4 heteroatoms. The van der Waals surface area contributed by atoms with Gasteiger partial charge in [-0.05, 0) is 35.6 Å². The van der Waals surface area contributed by atoms with Crippen LogP contribution in [-0.2, 0) is 0 Å². The Morgan fingerprint density at radius 2 is 2.36 bits per heavy atom. The molecule has 0 amide bonds. The van der Waals surface area contributed by atoms with Crippen molar-refractivity contribution < 1.29 is 0 Å². The maximum atomic E-state index is 4.20. The first-order chi connectivity index (χ1) is 5.27. The summed E-state index contributed by atoms with van der Waals surface area (Å²) < 4.78 is 1.16. The minimum Gasteiger partial charge on any atom is -0.340 e. The maximum absolute atomic E-state index is 4.20. The van der Waals surface area contributed by atoms with Crippen LogP contribution in [0.4, 0.5) is 0 Å². The smallest absolute Gasteiger partial charge is 0.178 e. The normalized spacial score (nSPS) is 10.7. The highest BCUT2D eigenvalue weighted by atomic mass is 127. The minimum atomic E-state index is 0.800. The molecule has 0 saturated carbocycles. The largest absolute Gasteiger partial charge is 0.340 e. The van der Waals surface area contributed by atoms with E-state index in [1.807, 2.05) is 13.0 Å². The molecule has 0 bridgehead atoms. The highest BCUT2D eigenvalue weighted by Crippen LogP contribution is 2.14. The van der Waals surface area contributed by atoms with E-state index in [-0.39, 0.29) is 0 Å². The Kier molecular flexibility index (Phi) is 1.56. The number of H-pyrrole nitrogens is 1. The van der Waals surface area contributed by atoms with Crippen LogP contribution in [0.5, 0.6) is 0 Å². The third kappa shape index (κ3) is 1.11. The Morgan fingerprint density at radius 1 is 1.55 bits per heavy atom. The van der Waals surface area contributed by atoms with Crippen molar-refractivity contribution in [2.45, 2.75) is 6.92 Å². The fourth-order valence-corrected chi connectivity index (χ4v) is 1.53. The van der Waals surface area contributed by atoms with Gasteiger partial charge in [0.05, 0.1) is 5.52 Å². The lowest BCUT2D eigenvalue weighted by atomic mass is 10.4. The molecule has 11 heavy (non-hydrogen) atoms. The molecule has 0 atom stereocenters.